The van der Waals surface area contributed by atoms with Crippen molar-refractivity contribution in [3.8, 4) is 0 Å². The van der Waals surface area contributed by atoms with Crippen LogP contribution in [0.2, 0.25) is 0 Å². The number of rotatable bonds is 3. The van der Waals surface area contributed by atoms with E-state index in [9.17, 15) is 8.42 Å². The Kier molecular flexibility index (Phi) is 3.04. The Morgan fingerprint density at radius 3 is 2.37 bits per heavy atom. The van der Waals surface area contributed by atoms with E-state index in [-0.39, 0.29) is 0 Å². The maximum Gasteiger partial charge on any atom is 0.179 e. The molecule has 2 heterocycles. The normalized spacial score (nSPS) is 12.9. The molecule has 0 aliphatic heterocycles. The molecule has 0 radical (unpaired) electrons. The Hall–Kier alpha value is -1.63. The Bertz CT molecular complexity index is 716. The quantitative estimate of drug-likeness (QED) is 0.918. The molecule has 0 unspecified atom stereocenters. The number of fused-ring (bicyclic) bond motifs is 1. The number of hydrogen-bond donors (Lipinski definition) is 1. The highest BCUT2D eigenvalue weighted by Crippen LogP contribution is 2.28. The Morgan fingerprint density at radius 1 is 1.21 bits per heavy atom. The van der Waals surface area contributed by atoms with Gasteiger partial charge >= 0.3 is 0 Å². The SMILES string of the molecule is CN(C)c1ccc2[nH]c(C(C)(C)S(C)(=O)=O)nc2n1. The average Bonchev–Trinajstić information content (AvgIpc) is 2.70. The van der Waals surface area contributed by atoms with Crippen molar-refractivity contribution in [2.75, 3.05) is 25.3 Å². The molecule has 2 aromatic rings. The minimum atomic E-state index is -3.26. The molecule has 0 saturated carbocycles. The van der Waals surface area contributed by atoms with Crippen LogP contribution in [0.1, 0.15) is 19.7 Å². The van der Waals surface area contributed by atoms with E-state index in [1.807, 2.05) is 31.1 Å². The first-order valence-electron chi connectivity index (χ1n) is 5.87. The smallest absolute Gasteiger partial charge is 0.179 e. The van der Waals surface area contributed by atoms with Crippen molar-refractivity contribution >= 4 is 26.8 Å². The van der Waals surface area contributed by atoms with E-state index in [0.29, 0.717) is 11.5 Å². The van der Waals surface area contributed by atoms with E-state index >= 15 is 0 Å². The van der Waals surface area contributed by atoms with Gasteiger partial charge in [-0.1, -0.05) is 0 Å². The number of anilines is 1. The largest absolute Gasteiger partial charge is 0.363 e. The monoisotopic (exact) mass is 282 g/mol. The molecule has 7 heteroatoms. The molecule has 0 spiro atoms. The third-order valence-corrected chi connectivity index (χ3v) is 5.33. The van der Waals surface area contributed by atoms with Crippen molar-refractivity contribution in [2.45, 2.75) is 18.6 Å². The predicted molar refractivity (Wildman–Crippen MR) is 76.1 cm³/mol. The van der Waals surface area contributed by atoms with Gasteiger partial charge in [-0.25, -0.2) is 18.4 Å². The van der Waals surface area contributed by atoms with Crippen LogP contribution in [0.3, 0.4) is 0 Å². The van der Waals surface area contributed by atoms with E-state index < -0.39 is 14.6 Å². The highest BCUT2D eigenvalue weighted by atomic mass is 32.2. The van der Waals surface area contributed by atoms with Crippen molar-refractivity contribution in [1.82, 2.24) is 15.0 Å². The Labute approximate surface area is 112 Å². The standard InChI is InChI=1S/C12H18N4O2S/c1-12(2,19(5,17)18)11-13-8-6-7-9(16(3)4)14-10(8)15-11/h6-7H,1-5H3,(H,13,14,15). The summed E-state index contributed by atoms with van der Waals surface area (Å²) in [5, 5.41) is 0. The second-order valence-corrected chi connectivity index (χ2v) is 7.87. The number of hydrogen-bond acceptors (Lipinski definition) is 5. The molecule has 0 amide bonds. The van der Waals surface area contributed by atoms with Crippen LogP contribution < -0.4 is 4.90 Å². The van der Waals surface area contributed by atoms with Crippen LogP contribution in [-0.4, -0.2) is 43.7 Å². The van der Waals surface area contributed by atoms with E-state index in [2.05, 4.69) is 15.0 Å². The Morgan fingerprint density at radius 2 is 1.84 bits per heavy atom. The summed E-state index contributed by atoms with van der Waals surface area (Å²) in [7, 11) is 0.521. The highest BCUT2D eigenvalue weighted by molar-refractivity contribution is 7.91. The fourth-order valence-corrected chi connectivity index (χ4v) is 2.04. The lowest BCUT2D eigenvalue weighted by Gasteiger charge is -2.19. The summed E-state index contributed by atoms with van der Waals surface area (Å²) in [5.41, 5.74) is 1.26. The number of nitrogens with zero attached hydrogens (tertiary/aromatic N) is 3. The maximum absolute atomic E-state index is 11.8. The van der Waals surface area contributed by atoms with E-state index in [1.165, 1.54) is 6.26 Å². The van der Waals surface area contributed by atoms with Gasteiger partial charge in [-0.2, -0.15) is 0 Å². The predicted octanol–water partition coefficient (Wildman–Crippen LogP) is 1.30. The summed E-state index contributed by atoms with van der Waals surface area (Å²) >= 11 is 0. The molecule has 0 aliphatic rings. The van der Waals surface area contributed by atoms with E-state index in [0.717, 1.165) is 11.3 Å². The lowest BCUT2D eigenvalue weighted by atomic mass is 10.2. The van der Waals surface area contributed by atoms with Gasteiger partial charge in [0.2, 0.25) is 0 Å². The molecular formula is C12H18N4O2S. The fraction of sp³-hybridized carbons (Fsp3) is 0.500. The second kappa shape index (κ2) is 4.19. The number of sulfone groups is 1. The van der Waals surface area contributed by atoms with E-state index in [1.54, 1.807) is 13.8 Å². The molecule has 0 aliphatic carbocycles. The second-order valence-electron chi connectivity index (χ2n) is 5.30. The summed E-state index contributed by atoms with van der Waals surface area (Å²) < 4.78 is 22.6. The van der Waals surface area contributed by atoms with Crippen LogP contribution in [0.4, 0.5) is 5.82 Å². The summed E-state index contributed by atoms with van der Waals surface area (Å²) in [4.78, 5) is 13.6. The minimum absolute atomic E-state index is 0.411. The summed E-state index contributed by atoms with van der Waals surface area (Å²) in [6.07, 6.45) is 1.21. The van der Waals surface area contributed by atoms with Crippen LogP contribution in [0.25, 0.3) is 11.2 Å². The Balaban J connectivity index is 2.60. The topological polar surface area (TPSA) is 79.0 Å². The molecule has 2 aromatic heterocycles. The van der Waals surface area contributed by atoms with Gasteiger partial charge in [0, 0.05) is 20.4 Å². The number of H-pyrrole nitrogens is 1. The molecule has 2 rings (SSSR count). The fourth-order valence-electron chi connectivity index (χ4n) is 1.59. The molecule has 1 N–H and O–H groups in total. The van der Waals surface area contributed by atoms with Crippen LogP contribution in [0.5, 0.6) is 0 Å². The molecule has 0 atom stereocenters. The van der Waals surface area contributed by atoms with Gasteiger partial charge in [0.1, 0.15) is 16.4 Å². The molecule has 104 valence electrons. The molecule has 0 saturated heterocycles. The van der Waals surface area contributed by atoms with E-state index in [4.69, 9.17) is 0 Å². The van der Waals surface area contributed by atoms with Crippen LogP contribution in [0.15, 0.2) is 12.1 Å². The van der Waals surface area contributed by atoms with Gasteiger partial charge in [-0.05, 0) is 26.0 Å². The summed E-state index contributed by atoms with van der Waals surface area (Å²) in [6.45, 7) is 3.26. The lowest BCUT2D eigenvalue weighted by molar-refractivity contribution is 0.552. The molecule has 0 fully saturated rings. The van der Waals surface area contributed by atoms with Crippen molar-refractivity contribution < 1.29 is 8.42 Å². The first-order valence-corrected chi connectivity index (χ1v) is 7.76. The first-order chi connectivity index (χ1) is 8.63. The molecule has 0 aromatic carbocycles. The zero-order valence-corrected chi connectivity index (χ0v) is 12.5. The van der Waals surface area contributed by atoms with Crippen molar-refractivity contribution in [3.63, 3.8) is 0 Å². The van der Waals surface area contributed by atoms with Crippen molar-refractivity contribution in [3.05, 3.63) is 18.0 Å². The number of aromatic nitrogens is 3. The summed E-state index contributed by atoms with van der Waals surface area (Å²) in [6, 6.07) is 3.71. The molecular weight excluding hydrogens is 264 g/mol. The molecule has 19 heavy (non-hydrogen) atoms. The number of imidazole rings is 1. The first kappa shape index (κ1) is 13.8. The number of nitrogens with one attached hydrogen (secondary N) is 1. The number of aromatic amines is 1. The average molecular weight is 282 g/mol. The van der Waals surface area contributed by atoms with Crippen LogP contribution >= 0.6 is 0 Å². The van der Waals surface area contributed by atoms with Gasteiger partial charge in [0.05, 0.1) is 5.52 Å². The highest BCUT2D eigenvalue weighted by Gasteiger charge is 2.35. The molecule has 0 bridgehead atoms. The van der Waals surface area contributed by atoms with Crippen LogP contribution in [-0.2, 0) is 14.6 Å². The van der Waals surface area contributed by atoms with Gasteiger partial charge in [-0.15, -0.1) is 0 Å². The third-order valence-electron chi connectivity index (χ3n) is 3.29. The van der Waals surface area contributed by atoms with Crippen molar-refractivity contribution in [1.29, 1.82) is 0 Å². The maximum atomic E-state index is 11.8. The zero-order valence-electron chi connectivity index (χ0n) is 11.7. The van der Waals surface area contributed by atoms with Gasteiger partial charge in [0.15, 0.2) is 15.5 Å². The third kappa shape index (κ3) is 2.30. The number of pyridine rings is 1. The molecule has 6 nitrogen and oxygen atoms in total. The van der Waals surface area contributed by atoms with Gasteiger partial charge in [0.25, 0.3) is 0 Å². The summed E-state index contributed by atoms with van der Waals surface area (Å²) in [5.74, 6) is 1.19. The van der Waals surface area contributed by atoms with Crippen molar-refractivity contribution in [2.24, 2.45) is 0 Å². The van der Waals surface area contributed by atoms with Gasteiger partial charge in [-0.3, -0.25) is 0 Å². The lowest BCUT2D eigenvalue weighted by Crippen LogP contribution is -2.29. The van der Waals surface area contributed by atoms with Crippen LogP contribution in [0, 0.1) is 0 Å². The minimum Gasteiger partial charge on any atom is -0.363 e. The van der Waals surface area contributed by atoms with Gasteiger partial charge < -0.3 is 9.88 Å². The zero-order chi connectivity index (χ0) is 14.4.